The molecule has 0 amide bonds. The third-order valence-corrected chi connectivity index (χ3v) is 9.68. The minimum Gasteiger partial charge on any atom is -0.557 e. The Balaban J connectivity index is 0.000000219. The Morgan fingerprint density at radius 2 is 1.35 bits per heavy atom. The van der Waals surface area contributed by atoms with Crippen molar-refractivity contribution in [3.63, 3.8) is 0 Å². The topological polar surface area (TPSA) is 48.8 Å². The fraction of sp³-hybridized carbons (Fsp3) is 0.0588. The average molecular weight is 921 g/mol. The summed E-state index contributed by atoms with van der Waals surface area (Å²) in [6.45, 7) is -2.18. The van der Waals surface area contributed by atoms with Gasteiger partial charge < -0.3 is 18.5 Å². The molecule has 0 fully saturated rings. The molecule has 4 aromatic heterocycles. The molecule has 0 saturated heterocycles. The molecule has 0 N–H and O–H groups in total. The van der Waals surface area contributed by atoms with Crippen LogP contribution in [0.1, 0.15) is 24.9 Å². The Labute approximate surface area is 354 Å². The second-order valence-corrected chi connectivity index (χ2v) is 13.5. The van der Waals surface area contributed by atoms with Crippen LogP contribution in [0, 0.1) is 33.0 Å². The number of imidazole rings is 1. The van der Waals surface area contributed by atoms with Gasteiger partial charge in [0.15, 0.2) is 0 Å². The zero-order valence-electron chi connectivity index (χ0n) is 36.8. The van der Waals surface area contributed by atoms with Crippen molar-refractivity contribution >= 4 is 22.0 Å². The van der Waals surface area contributed by atoms with E-state index >= 15 is 0 Å². The Hall–Kier alpha value is -6.59. The molecule has 0 saturated carbocycles. The number of hydrogen-bond donors (Lipinski definition) is 0. The molecule has 0 atom stereocenters. The van der Waals surface area contributed by atoms with Gasteiger partial charge in [0, 0.05) is 75.6 Å². The Morgan fingerprint density at radius 3 is 2.00 bits per heavy atom. The number of nitrogens with zero attached hydrogens (tertiary/aromatic N) is 4. The minimum absolute atomic E-state index is 0. The molecule has 0 aliphatic rings. The second kappa shape index (κ2) is 16.3. The molecule has 6 heteroatoms. The van der Waals surface area contributed by atoms with Gasteiger partial charge in [0.1, 0.15) is 0 Å². The molecule has 0 aliphatic carbocycles. The van der Waals surface area contributed by atoms with E-state index in [0.717, 1.165) is 67.0 Å². The van der Waals surface area contributed by atoms with Crippen LogP contribution < -0.4 is 0 Å². The van der Waals surface area contributed by atoms with Crippen molar-refractivity contribution in [3.8, 4) is 56.3 Å². The SMILES string of the molecule is Cc1cc(-c2ccccc2)c(-n2c(-c3[c-]oc4ccc(-n5cccc5)cc34)nc3ccccc32)c(-c2ccccc2)c1.[2H]C([2H])([2H])c1c[c-]c(-c2ccc(C([2H])([2H])[2H])cn2)cc1.[Ir]. The van der Waals surface area contributed by atoms with Gasteiger partial charge in [0.2, 0.25) is 0 Å². The maximum Gasteiger partial charge on any atom is 0.0774 e. The van der Waals surface area contributed by atoms with E-state index in [4.69, 9.17) is 17.6 Å². The number of pyridine rings is 1. The van der Waals surface area contributed by atoms with E-state index in [0.29, 0.717) is 11.3 Å². The first kappa shape index (κ1) is 30.6. The molecule has 10 rings (SSSR count). The monoisotopic (exact) mass is 921 g/mol. The molecule has 1 radical (unpaired) electrons. The summed E-state index contributed by atoms with van der Waals surface area (Å²) < 4.78 is 54.1. The molecule has 6 aromatic carbocycles. The predicted octanol–water partition coefficient (Wildman–Crippen LogP) is 12.8. The summed E-state index contributed by atoms with van der Waals surface area (Å²) in [4.78, 5) is 9.31. The van der Waals surface area contributed by atoms with Crippen molar-refractivity contribution in [2.24, 2.45) is 0 Å². The van der Waals surface area contributed by atoms with E-state index in [-0.39, 0.29) is 31.2 Å². The third kappa shape index (κ3) is 7.53. The van der Waals surface area contributed by atoms with Gasteiger partial charge in [-0.05, 0) is 84.2 Å². The molecule has 0 spiro atoms. The van der Waals surface area contributed by atoms with Crippen molar-refractivity contribution in [2.75, 3.05) is 0 Å². The summed E-state index contributed by atoms with van der Waals surface area (Å²) in [6.07, 6.45) is 8.63. The van der Waals surface area contributed by atoms with Crippen LogP contribution in [0.4, 0.5) is 0 Å². The smallest absolute Gasteiger partial charge is 0.0774 e. The van der Waals surface area contributed by atoms with Crippen LogP contribution in [-0.2, 0) is 20.1 Å². The summed E-state index contributed by atoms with van der Waals surface area (Å²) in [7, 11) is 0. The zero-order valence-corrected chi connectivity index (χ0v) is 33.2. The zero-order chi connectivity index (χ0) is 43.0. The quantitative estimate of drug-likeness (QED) is 0.156. The number of benzene rings is 6. The summed E-state index contributed by atoms with van der Waals surface area (Å²) in [5.41, 5.74) is 13.0. The first-order valence-corrected chi connectivity index (χ1v) is 18.2. The fourth-order valence-electron chi connectivity index (χ4n) is 7.05. The number of rotatable bonds is 6. The molecule has 5 nitrogen and oxygen atoms in total. The Bertz CT molecular complexity index is 3020. The number of para-hydroxylation sites is 2. The van der Waals surface area contributed by atoms with Crippen molar-refractivity contribution in [3.05, 3.63) is 205 Å². The van der Waals surface area contributed by atoms with Gasteiger partial charge in [-0.2, -0.15) is 0 Å². The van der Waals surface area contributed by atoms with Crippen molar-refractivity contribution in [1.82, 2.24) is 19.1 Å². The van der Waals surface area contributed by atoms with Crippen LogP contribution in [0.3, 0.4) is 0 Å². The fourth-order valence-corrected chi connectivity index (χ4v) is 7.05. The standard InChI is InChI=1S/C38H26N3O.C13H12N.Ir/c1-26-22-30(27-12-4-2-5-13-27)37(31(23-26)28-14-6-3-7-15-28)41-35-17-9-8-16-34(35)39-38(41)33-25-42-36-19-18-29(24-32(33)36)40-20-10-11-21-40;1-10-3-6-12(7-4-10)13-8-5-11(2)9-14-13;/h2-24H,1H3;3-6,8-9H,1-2H3;/q2*-1;/i;1D3,2D3;. The van der Waals surface area contributed by atoms with Crippen LogP contribution in [0.2, 0.25) is 0 Å². The van der Waals surface area contributed by atoms with E-state index in [1.165, 1.54) is 30.0 Å². The number of aromatic nitrogens is 4. The summed E-state index contributed by atoms with van der Waals surface area (Å²) in [5, 5.41) is 0.965. The summed E-state index contributed by atoms with van der Waals surface area (Å²) in [5.74, 6) is 0.790. The largest absolute Gasteiger partial charge is 0.557 e. The van der Waals surface area contributed by atoms with Gasteiger partial charge >= 0.3 is 0 Å². The van der Waals surface area contributed by atoms with Gasteiger partial charge in [0.25, 0.3) is 0 Å². The van der Waals surface area contributed by atoms with Crippen LogP contribution >= 0.6 is 0 Å². The van der Waals surface area contributed by atoms with Crippen molar-refractivity contribution in [1.29, 1.82) is 0 Å². The van der Waals surface area contributed by atoms with Gasteiger partial charge in [-0.3, -0.25) is 4.98 Å². The molecule has 10 aromatic rings. The van der Waals surface area contributed by atoms with E-state index in [9.17, 15) is 0 Å². The maximum absolute atomic E-state index is 7.28. The van der Waals surface area contributed by atoms with Gasteiger partial charge in [-0.25, -0.2) is 0 Å². The number of aryl methyl sites for hydroxylation is 3. The van der Waals surface area contributed by atoms with Crippen LogP contribution in [-0.4, -0.2) is 19.1 Å². The molecule has 0 bridgehead atoms. The maximum atomic E-state index is 7.28. The number of furan rings is 1. The predicted molar refractivity (Wildman–Crippen MR) is 228 cm³/mol. The normalized spacial score (nSPS) is 12.9. The number of hydrogen-bond acceptors (Lipinski definition) is 3. The molecule has 0 unspecified atom stereocenters. The van der Waals surface area contributed by atoms with E-state index in [1.807, 2.05) is 36.7 Å². The summed E-state index contributed by atoms with van der Waals surface area (Å²) in [6, 6.07) is 54.8. The van der Waals surface area contributed by atoms with E-state index in [2.05, 4.69) is 136 Å². The first-order valence-electron chi connectivity index (χ1n) is 21.2. The minimum atomic E-state index is -2.18. The van der Waals surface area contributed by atoms with Crippen LogP contribution in [0.5, 0.6) is 0 Å². The van der Waals surface area contributed by atoms with Crippen molar-refractivity contribution in [2.45, 2.75) is 20.6 Å². The molecular weight excluding hydrogens is 877 g/mol. The van der Waals surface area contributed by atoms with Gasteiger partial charge in [-0.15, -0.1) is 35.4 Å². The molecule has 57 heavy (non-hydrogen) atoms. The van der Waals surface area contributed by atoms with E-state index in [1.54, 1.807) is 12.1 Å². The number of fused-ring (bicyclic) bond motifs is 2. The van der Waals surface area contributed by atoms with Crippen molar-refractivity contribution < 1.29 is 32.7 Å². The molecule has 0 aliphatic heterocycles. The Kier molecular flexibility index (Phi) is 8.73. The van der Waals surface area contributed by atoms with Crippen LogP contribution in [0.25, 0.3) is 78.3 Å². The molecule has 4 heterocycles. The van der Waals surface area contributed by atoms with Crippen LogP contribution in [0.15, 0.2) is 181 Å². The second-order valence-electron chi connectivity index (χ2n) is 13.5. The average Bonchev–Trinajstić information content (AvgIpc) is 4.06. The summed E-state index contributed by atoms with van der Waals surface area (Å²) >= 11 is 0. The first-order chi connectivity index (χ1) is 29.9. The van der Waals surface area contributed by atoms with Gasteiger partial charge in [-0.1, -0.05) is 115 Å². The van der Waals surface area contributed by atoms with Gasteiger partial charge in [0.05, 0.1) is 22.5 Å². The Morgan fingerprint density at radius 1 is 0.667 bits per heavy atom. The molecular formula is C51H38IrN4O-2. The van der Waals surface area contributed by atoms with E-state index < -0.39 is 13.7 Å². The molecule has 279 valence electrons. The third-order valence-electron chi connectivity index (χ3n) is 9.68.